The summed E-state index contributed by atoms with van der Waals surface area (Å²) in [4.78, 5) is 2.17. The van der Waals surface area contributed by atoms with E-state index in [0.29, 0.717) is 32.1 Å². The fraction of sp³-hybridized carbons (Fsp3) is 1.00. The van der Waals surface area contributed by atoms with Crippen molar-refractivity contribution in [3.05, 3.63) is 0 Å². The first-order valence-electron chi connectivity index (χ1n) is 7.12. The number of likely N-dealkylation sites (N-methyl/N-ethyl adjacent to an activating group) is 1. The Morgan fingerprint density at radius 3 is 2.42 bits per heavy atom. The molecule has 0 radical (unpaired) electrons. The van der Waals surface area contributed by atoms with Crippen LogP contribution in [0.5, 0.6) is 0 Å². The Labute approximate surface area is 116 Å². The van der Waals surface area contributed by atoms with E-state index in [2.05, 4.69) is 10.2 Å². The Morgan fingerprint density at radius 2 is 1.79 bits per heavy atom. The average molecular weight is 290 g/mol. The highest BCUT2D eigenvalue weighted by atomic mass is 32.2. The van der Waals surface area contributed by atoms with Gasteiger partial charge in [0.05, 0.1) is 0 Å². The summed E-state index contributed by atoms with van der Waals surface area (Å²) in [6, 6.07) is 0. The lowest BCUT2D eigenvalue weighted by Gasteiger charge is -2.38. The molecule has 2 fully saturated rings. The summed E-state index contributed by atoms with van der Waals surface area (Å²) in [5.41, 5.74) is 0. The maximum absolute atomic E-state index is 12.6. The zero-order valence-corrected chi connectivity index (χ0v) is 12.8. The summed E-state index contributed by atoms with van der Waals surface area (Å²) in [6.45, 7) is 5.12. The molecule has 0 aromatic rings. The third kappa shape index (κ3) is 3.66. The van der Waals surface area contributed by atoms with Gasteiger partial charge in [-0.15, -0.1) is 0 Å². The minimum Gasteiger partial charge on any atom is -0.319 e. The van der Waals surface area contributed by atoms with Crippen LogP contribution in [-0.2, 0) is 10.2 Å². The van der Waals surface area contributed by atoms with Crippen LogP contribution in [0, 0.1) is 5.92 Å². The van der Waals surface area contributed by atoms with Gasteiger partial charge < -0.3 is 10.2 Å². The van der Waals surface area contributed by atoms with Gasteiger partial charge in [-0.05, 0) is 39.4 Å². The van der Waals surface area contributed by atoms with Gasteiger partial charge >= 0.3 is 0 Å². The van der Waals surface area contributed by atoms with Gasteiger partial charge in [0.2, 0.25) is 0 Å². The summed E-state index contributed by atoms with van der Waals surface area (Å²) in [6.07, 6.45) is 2.09. The van der Waals surface area contributed by atoms with Gasteiger partial charge in [0.1, 0.15) is 0 Å². The molecule has 2 aliphatic rings. The normalized spacial score (nSPS) is 28.6. The van der Waals surface area contributed by atoms with Gasteiger partial charge in [0.15, 0.2) is 0 Å². The molecule has 2 aliphatic heterocycles. The van der Waals surface area contributed by atoms with Gasteiger partial charge in [-0.2, -0.15) is 17.0 Å². The third-order valence-electron chi connectivity index (χ3n) is 4.09. The summed E-state index contributed by atoms with van der Waals surface area (Å²) < 4.78 is 28.6. The third-order valence-corrected chi connectivity index (χ3v) is 6.09. The Balaban J connectivity index is 1.98. The van der Waals surface area contributed by atoms with Crippen LogP contribution in [0.1, 0.15) is 12.8 Å². The second-order valence-electron chi connectivity index (χ2n) is 5.63. The molecule has 0 saturated carbocycles. The Hall–Kier alpha value is -0.210. The predicted molar refractivity (Wildman–Crippen MR) is 76.2 cm³/mol. The van der Waals surface area contributed by atoms with Gasteiger partial charge in [0.25, 0.3) is 10.2 Å². The van der Waals surface area contributed by atoms with Gasteiger partial charge in [-0.3, -0.25) is 0 Å². The first-order valence-corrected chi connectivity index (χ1v) is 8.52. The van der Waals surface area contributed by atoms with Crippen LogP contribution in [0.2, 0.25) is 0 Å². The van der Waals surface area contributed by atoms with Crippen molar-refractivity contribution in [2.45, 2.75) is 12.8 Å². The molecule has 0 bridgehead atoms. The molecule has 0 amide bonds. The number of piperidine rings is 1. The summed E-state index contributed by atoms with van der Waals surface area (Å²) in [5, 5.41) is 3.15. The molecule has 0 spiro atoms. The number of hydrogen-bond acceptors (Lipinski definition) is 4. The highest BCUT2D eigenvalue weighted by molar-refractivity contribution is 7.86. The van der Waals surface area contributed by atoms with Crippen molar-refractivity contribution in [3.8, 4) is 0 Å². The Kier molecular flexibility index (Phi) is 5.19. The van der Waals surface area contributed by atoms with Crippen LogP contribution < -0.4 is 5.32 Å². The zero-order chi connectivity index (χ0) is 13.9. The molecule has 2 rings (SSSR count). The van der Waals surface area contributed by atoms with Crippen molar-refractivity contribution in [2.24, 2.45) is 5.92 Å². The monoisotopic (exact) mass is 290 g/mol. The van der Waals surface area contributed by atoms with E-state index in [0.717, 1.165) is 32.5 Å². The van der Waals surface area contributed by atoms with E-state index >= 15 is 0 Å². The molecule has 6 nitrogen and oxygen atoms in total. The maximum atomic E-state index is 12.6. The SMILES string of the molecule is CNCC1CCCN(S(=O)(=O)N2CCN(C)CC2)C1. The molecule has 1 atom stereocenters. The summed E-state index contributed by atoms with van der Waals surface area (Å²) in [5.74, 6) is 0.445. The van der Waals surface area contributed by atoms with Crippen molar-refractivity contribution in [1.82, 2.24) is 18.8 Å². The molecule has 0 aromatic carbocycles. The number of piperazine rings is 1. The molecule has 1 N–H and O–H groups in total. The van der Waals surface area contributed by atoms with E-state index in [4.69, 9.17) is 0 Å². The standard InChI is InChI=1S/C12H26N4O2S/c1-13-10-12-4-3-5-16(11-12)19(17,18)15-8-6-14(2)7-9-15/h12-13H,3-11H2,1-2H3. The smallest absolute Gasteiger partial charge is 0.282 e. The number of hydrogen-bond donors (Lipinski definition) is 1. The minimum absolute atomic E-state index is 0.445. The zero-order valence-electron chi connectivity index (χ0n) is 12.0. The van der Waals surface area contributed by atoms with E-state index < -0.39 is 10.2 Å². The minimum atomic E-state index is -3.25. The van der Waals surface area contributed by atoms with Crippen LogP contribution >= 0.6 is 0 Å². The highest BCUT2D eigenvalue weighted by Gasteiger charge is 2.34. The van der Waals surface area contributed by atoms with Crippen LogP contribution in [0.3, 0.4) is 0 Å². The molecule has 112 valence electrons. The highest BCUT2D eigenvalue weighted by Crippen LogP contribution is 2.21. The quantitative estimate of drug-likeness (QED) is 0.752. The number of nitrogens with zero attached hydrogens (tertiary/aromatic N) is 3. The molecule has 1 unspecified atom stereocenters. The lowest BCUT2D eigenvalue weighted by atomic mass is 10.00. The molecule has 0 aromatic heterocycles. The second-order valence-corrected chi connectivity index (χ2v) is 7.56. The lowest BCUT2D eigenvalue weighted by molar-refractivity contribution is 0.197. The Bertz CT molecular complexity index is 377. The van der Waals surface area contributed by atoms with Gasteiger partial charge in [-0.25, -0.2) is 0 Å². The second kappa shape index (κ2) is 6.49. The van der Waals surface area contributed by atoms with E-state index in [1.807, 2.05) is 14.1 Å². The van der Waals surface area contributed by atoms with E-state index in [-0.39, 0.29) is 0 Å². The van der Waals surface area contributed by atoms with Gasteiger partial charge in [0, 0.05) is 39.3 Å². The molecule has 2 saturated heterocycles. The van der Waals surface area contributed by atoms with Crippen molar-refractivity contribution >= 4 is 10.2 Å². The summed E-state index contributed by atoms with van der Waals surface area (Å²) >= 11 is 0. The number of rotatable bonds is 4. The molecular formula is C12H26N4O2S. The first kappa shape index (κ1) is 15.2. The van der Waals surface area contributed by atoms with E-state index in [1.165, 1.54) is 0 Å². The average Bonchev–Trinajstić information content (AvgIpc) is 2.40. The topological polar surface area (TPSA) is 55.9 Å². The first-order chi connectivity index (χ1) is 9.04. The van der Waals surface area contributed by atoms with Crippen molar-refractivity contribution in [1.29, 1.82) is 0 Å². The van der Waals surface area contributed by atoms with E-state index in [1.54, 1.807) is 8.61 Å². The van der Waals surface area contributed by atoms with E-state index in [9.17, 15) is 8.42 Å². The van der Waals surface area contributed by atoms with Crippen LogP contribution in [0.25, 0.3) is 0 Å². The van der Waals surface area contributed by atoms with Crippen LogP contribution in [0.15, 0.2) is 0 Å². The fourth-order valence-corrected chi connectivity index (χ4v) is 4.58. The molecule has 2 heterocycles. The number of nitrogens with one attached hydrogen (secondary N) is 1. The van der Waals surface area contributed by atoms with Gasteiger partial charge in [-0.1, -0.05) is 0 Å². The molecular weight excluding hydrogens is 264 g/mol. The lowest BCUT2D eigenvalue weighted by Crippen LogP contribution is -2.54. The van der Waals surface area contributed by atoms with Crippen LogP contribution in [-0.4, -0.2) is 81.8 Å². The van der Waals surface area contributed by atoms with Crippen molar-refractivity contribution < 1.29 is 8.42 Å². The fourth-order valence-electron chi connectivity index (χ4n) is 2.87. The molecule has 0 aliphatic carbocycles. The maximum Gasteiger partial charge on any atom is 0.282 e. The Morgan fingerprint density at radius 1 is 1.11 bits per heavy atom. The van der Waals surface area contributed by atoms with Crippen LogP contribution in [0.4, 0.5) is 0 Å². The molecule has 7 heteroatoms. The van der Waals surface area contributed by atoms with Crippen molar-refractivity contribution in [3.63, 3.8) is 0 Å². The largest absolute Gasteiger partial charge is 0.319 e. The molecule has 19 heavy (non-hydrogen) atoms. The summed E-state index contributed by atoms with van der Waals surface area (Å²) in [7, 11) is 0.713. The predicted octanol–water partition coefficient (Wildman–Crippen LogP) is -0.590. The van der Waals surface area contributed by atoms with Crippen molar-refractivity contribution in [2.75, 3.05) is 59.9 Å².